The van der Waals surface area contributed by atoms with Crippen molar-refractivity contribution in [1.29, 1.82) is 0 Å². The molecular weight excluding hydrogens is 338 g/mol. The van der Waals surface area contributed by atoms with Crippen LogP contribution in [0, 0.1) is 13.8 Å². The number of benzene rings is 2. The second-order valence-corrected chi connectivity index (χ2v) is 6.86. The summed E-state index contributed by atoms with van der Waals surface area (Å²) in [4.78, 5) is 14.3. The van der Waals surface area contributed by atoms with Crippen LogP contribution in [0.25, 0.3) is 0 Å². The predicted octanol–water partition coefficient (Wildman–Crippen LogP) is 4.34. The van der Waals surface area contributed by atoms with Crippen LogP contribution in [0.1, 0.15) is 29.2 Å². The second kappa shape index (κ2) is 7.98. The molecule has 2 nitrogen and oxygen atoms in total. The summed E-state index contributed by atoms with van der Waals surface area (Å²) in [5.74, 6) is -0.163. The van der Waals surface area contributed by atoms with Crippen molar-refractivity contribution in [2.75, 3.05) is 11.4 Å². The number of carbonyl (C=O) groups excluding carboxylic acids is 1. The molecule has 0 aliphatic rings. The molecule has 0 aliphatic carbocycles. The third-order valence-electron chi connectivity index (χ3n) is 4.47. The van der Waals surface area contributed by atoms with Gasteiger partial charge < -0.3 is 4.90 Å². The molecule has 0 heterocycles. The third kappa shape index (κ3) is 4.90. The van der Waals surface area contributed by atoms with Crippen molar-refractivity contribution in [2.24, 2.45) is 0 Å². The monoisotopic (exact) mass is 361 g/mol. The van der Waals surface area contributed by atoms with E-state index in [4.69, 9.17) is 0 Å². The molecule has 26 heavy (non-hydrogen) atoms. The van der Waals surface area contributed by atoms with E-state index in [2.05, 4.69) is 0 Å². The lowest BCUT2D eigenvalue weighted by atomic mass is 9.88. The van der Waals surface area contributed by atoms with Gasteiger partial charge in [0.15, 0.2) is 0 Å². The van der Waals surface area contributed by atoms with Crippen molar-refractivity contribution in [1.82, 2.24) is 0 Å². The summed E-state index contributed by atoms with van der Waals surface area (Å²) in [5.41, 5.74) is 3.17. The standard InChI is InChI=1S/C20H23BF3NO/c1-13-4-9-18(12-14(13)2)25(19(26)15(3)21)11-10-16-5-7-17(8-6-16)20(22,23)24/h4-9,12,15H,10-11,21H2,1-3H3. The molecule has 1 amide bonds. The molecule has 0 saturated carbocycles. The minimum atomic E-state index is -4.34. The Morgan fingerprint density at radius 3 is 2.19 bits per heavy atom. The molecule has 2 aromatic carbocycles. The minimum absolute atomic E-state index is 0.000153. The molecule has 0 spiro atoms. The van der Waals surface area contributed by atoms with E-state index < -0.39 is 11.7 Å². The van der Waals surface area contributed by atoms with Crippen LogP contribution in [0.3, 0.4) is 0 Å². The third-order valence-corrected chi connectivity index (χ3v) is 4.47. The van der Waals surface area contributed by atoms with Gasteiger partial charge in [0.25, 0.3) is 0 Å². The Morgan fingerprint density at radius 1 is 1.08 bits per heavy atom. The fourth-order valence-corrected chi connectivity index (χ4v) is 2.67. The quantitative estimate of drug-likeness (QED) is 0.726. The highest BCUT2D eigenvalue weighted by Crippen LogP contribution is 2.29. The molecule has 0 aliphatic heterocycles. The minimum Gasteiger partial charge on any atom is -0.312 e. The van der Waals surface area contributed by atoms with Gasteiger partial charge in [0, 0.05) is 18.0 Å². The summed E-state index contributed by atoms with van der Waals surface area (Å²) in [5, 5.41) is 0. The molecule has 0 aromatic heterocycles. The van der Waals surface area contributed by atoms with Gasteiger partial charge in [-0.05, 0) is 61.2 Å². The van der Waals surface area contributed by atoms with E-state index in [1.54, 1.807) is 4.90 Å². The number of amides is 1. The number of nitrogens with zero attached hydrogens (tertiary/aromatic N) is 1. The van der Waals surface area contributed by atoms with Crippen molar-refractivity contribution in [2.45, 2.75) is 39.2 Å². The van der Waals surface area contributed by atoms with Crippen LogP contribution in [0.2, 0.25) is 5.82 Å². The Balaban J connectivity index is 2.19. The largest absolute Gasteiger partial charge is 0.416 e. The highest BCUT2D eigenvalue weighted by molar-refractivity contribution is 6.26. The fourth-order valence-electron chi connectivity index (χ4n) is 2.67. The zero-order valence-corrected chi connectivity index (χ0v) is 15.5. The smallest absolute Gasteiger partial charge is 0.312 e. The summed E-state index contributed by atoms with van der Waals surface area (Å²) >= 11 is 0. The van der Waals surface area contributed by atoms with E-state index in [0.717, 1.165) is 34.5 Å². The molecule has 0 radical (unpaired) electrons. The first-order valence-corrected chi connectivity index (χ1v) is 8.64. The van der Waals surface area contributed by atoms with Gasteiger partial charge in [-0.1, -0.05) is 25.1 Å². The van der Waals surface area contributed by atoms with Crippen molar-refractivity contribution in [3.05, 3.63) is 64.7 Å². The maximum absolute atomic E-state index is 12.7. The second-order valence-electron chi connectivity index (χ2n) is 6.86. The van der Waals surface area contributed by atoms with Gasteiger partial charge in [-0.15, -0.1) is 0 Å². The van der Waals surface area contributed by atoms with Crippen molar-refractivity contribution in [3.8, 4) is 0 Å². The Kier molecular flexibility index (Phi) is 6.16. The molecule has 0 N–H and O–H groups in total. The molecule has 2 aromatic rings. The molecule has 6 heteroatoms. The highest BCUT2D eigenvalue weighted by atomic mass is 19.4. The first-order chi connectivity index (χ1) is 12.1. The number of anilines is 1. The number of rotatable bonds is 5. The Hall–Kier alpha value is -2.24. The van der Waals surface area contributed by atoms with Gasteiger partial charge in [0.1, 0.15) is 7.85 Å². The van der Waals surface area contributed by atoms with Crippen LogP contribution in [-0.4, -0.2) is 20.3 Å². The summed E-state index contributed by atoms with van der Waals surface area (Å²) < 4.78 is 38.0. The van der Waals surface area contributed by atoms with Crippen molar-refractivity contribution < 1.29 is 18.0 Å². The van der Waals surface area contributed by atoms with Gasteiger partial charge in [-0.3, -0.25) is 4.79 Å². The SMILES string of the molecule is BC(C)C(=O)N(CCc1ccc(C(F)(F)F)cc1)c1ccc(C)c(C)c1. The average molecular weight is 361 g/mol. The summed E-state index contributed by atoms with van der Waals surface area (Å²) in [6.45, 7) is 6.27. The van der Waals surface area contributed by atoms with Crippen LogP contribution < -0.4 is 4.90 Å². The number of hydrogen-bond donors (Lipinski definition) is 0. The molecule has 0 fully saturated rings. The van der Waals surface area contributed by atoms with Gasteiger partial charge in [-0.2, -0.15) is 13.2 Å². The van der Waals surface area contributed by atoms with E-state index in [0.29, 0.717) is 13.0 Å². The first kappa shape index (κ1) is 20.1. The summed E-state index contributed by atoms with van der Waals surface area (Å²) in [6, 6.07) is 11.0. The van der Waals surface area contributed by atoms with Gasteiger partial charge in [-0.25, -0.2) is 0 Å². The van der Waals surface area contributed by atoms with Crippen LogP contribution >= 0.6 is 0 Å². The normalized spacial score (nSPS) is 12.7. The number of alkyl halides is 3. The molecule has 2 rings (SSSR count). The molecule has 0 bridgehead atoms. The van der Waals surface area contributed by atoms with E-state index >= 15 is 0 Å². The van der Waals surface area contributed by atoms with Crippen LogP contribution in [0.5, 0.6) is 0 Å². The summed E-state index contributed by atoms with van der Waals surface area (Å²) in [6.07, 6.45) is -3.85. The van der Waals surface area contributed by atoms with E-state index in [1.807, 2.05) is 46.8 Å². The van der Waals surface area contributed by atoms with Gasteiger partial charge >= 0.3 is 6.18 Å². The Bertz CT molecular complexity index is 770. The molecule has 1 atom stereocenters. The fraction of sp³-hybridized carbons (Fsp3) is 0.350. The van der Waals surface area contributed by atoms with Crippen molar-refractivity contribution in [3.63, 3.8) is 0 Å². The number of halogens is 3. The summed E-state index contributed by atoms with van der Waals surface area (Å²) in [7, 11) is 1.84. The predicted molar refractivity (Wildman–Crippen MR) is 101 cm³/mol. The van der Waals surface area contributed by atoms with Gasteiger partial charge in [0.05, 0.1) is 5.56 Å². The first-order valence-electron chi connectivity index (χ1n) is 8.64. The Morgan fingerprint density at radius 2 is 1.69 bits per heavy atom. The van der Waals surface area contributed by atoms with Crippen LogP contribution in [-0.2, 0) is 17.4 Å². The number of carbonyl (C=O) groups is 1. The van der Waals surface area contributed by atoms with E-state index in [9.17, 15) is 18.0 Å². The van der Waals surface area contributed by atoms with Crippen LogP contribution in [0.15, 0.2) is 42.5 Å². The average Bonchev–Trinajstić information content (AvgIpc) is 2.57. The Labute approximate surface area is 153 Å². The lowest BCUT2D eigenvalue weighted by Crippen LogP contribution is -2.35. The zero-order valence-electron chi connectivity index (χ0n) is 15.5. The molecule has 1 unspecified atom stereocenters. The molecule has 0 saturated heterocycles. The van der Waals surface area contributed by atoms with E-state index in [-0.39, 0.29) is 11.7 Å². The lowest BCUT2D eigenvalue weighted by Gasteiger charge is -2.25. The van der Waals surface area contributed by atoms with Gasteiger partial charge in [0.2, 0.25) is 5.91 Å². The van der Waals surface area contributed by atoms with Crippen LogP contribution in [0.4, 0.5) is 18.9 Å². The maximum atomic E-state index is 12.7. The zero-order chi connectivity index (χ0) is 19.5. The topological polar surface area (TPSA) is 20.3 Å². The van der Waals surface area contributed by atoms with E-state index in [1.165, 1.54) is 12.1 Å². The maximum Gasteiger partial charge on any atom is 0.416 e. The number of aryl methyl sites for hydroxylation is 2. The van der Waals surface area contributed by atoms with Crippen molar-refractivity contribution >= 4 is 19.4 Å². The lowest BCUT2D eigenvalue weighted by molar-refractivity contribution is -0.137. The highest BCUT2D eigenvalue weighted by Gasteiger charge is 2.30. The molecular formula is C20H23BF3NO. The number of hydrogen-bond acceptors (Lipinski definition) is 1. The molecule has 138 valence electrons.